The number of nitrogens with zero attached hydrogens (tertiary/aromatic N) is 2. The first-order valence-corrected chi connectivity index (χ1v) is 8.17. The summed E-state index contributed by atoms with van der Waals surface area (Å²) in [5.74, 6) is -0.145. The smallest absolute Gasteiger partial charge is 0.240 e. The van der Waals surface area contributed by atoms with Crippen molar-refractivity contribution in [3.05, 3.63) is 35.9 Å². The van der Waals surface area contributed by atoms with E-state index >= 15 is 0 Å². The quantitative estimate of drug-likeness (QED) is 0.924. The van der Waals surface area contributed by atoms with Gasteiger partial charge in [0.1, 0.15) is 5.41 Å². The van der Waals surface area contributed by atoms with Crippen LogP contribution in [0.15, 0.2) is 30.3 Å². The monoisotopic (exact) mass is 311 g/mol. The highest BCUT2D eigenvalue weighted by Gasteiger charge is 2.43. The van der Waals surface area contributed by atoms with Crippen LogP contribution >= 0.6 is 0 Å². The van der Waals surface area contributed by atoms with Gasteiger partial charge in [0.05, 0.1) is 12.1 Å². The van der Waals surface area contributed by atoms with Crippen molar-refractivity contribution in [2.75, 3.05) is 6.54 Å². The molecule has 0 radical (unpaired) electrons. The Kier molecular flexibility index (Phi) is 4.33. The van der Waals surface area contributed by atoms with E-state index in [1.165, 1.54) is 0 Å². The molecule has 1 saturated carbocycles. The topological polar surface area (TPSA) is 73.2 Å². The zero-order chi connectivity index (χ0) is 16.3. The first-order valence-electron chi connectivity index (χ1n) is 8.17. The number of nitriles is 1. The summed E-state index contributed by atoms with van der Waals surface area (Å²) in [6, 6.07) is 11.8. The third kappa shape index (κ3) is 3.21. The Balaban J connectivity index is 1.59. The van der Waals surface area contributed by atoms with E-state index in [4.69, 9.17) is 0 Å². The molecule has 5 heteroatoms. The highest BCUT2D eigenvalue weighted by atomic mass is 16.2. The Bertz CT molecular complexity index is 629. The summed E-state index contributed by atoms with van der Waals surface area (Å²) in [5, 5.41) is 12.3. The van der Waals surface area contributed by atoms with Crippen LogP contribution in [-0.4, -0.2) is 29.3 Å². The lowest BCUT2D eigenvalue weighted by molar-refractivity contribution is -0.128. The zero-order valence-electron chi connectivity index (χ0n) is 13.1. The van der Waals surface area contributed by atoms with E-state index in [1.807, 2.05) is 30.3 Å². The van der Waals surface area contributed by atoms with Crippen molar-refractivity contribution >= 4 is 11.8 Å². The van der Waals surface area contributed by atoms with Crippen molar-refractivity contribution in [3.8, 4) is 6.07 Å². The van der Waals surface area contributed by atoms with E-state index in [0.717, 1.165) is 18.4 Å². The lowest BCUT2D eigenvalue weighted by atomic mass is 9.87. The summed E-state index contributed by atoms with van der Waals surface area (Å²) < 4.78 is 0. The Morgan fingerprint density at radius 1 is 1.30 bits per heavy atom. The lowest BCUT2D eigenvalue weighted by Crippen LogP contribution is -2.44. The molecule has 3 rings (SSSR count). The number of carbonyl (C=O) groups excluding carboxylic acids is 2. The fourth-order valence-electron chi connectivity index (χ4n) is 3.52. The van der Waals surface area contributed by atoms with Gasteiger partial charge in [-0.1, -0.05) is 43.2 Å². The molecule has 0 bridgehead atoms. The Morgan fingerprint density at radius 3 is 2.65 bits per heavy atom. The molecule has 0 aromatic heterocycles. The van der Waals surface area contributed by atoms with Crippen molar-refractivity contribution < 1.29 is 9.59 Å². The van der Waals surface area contributed by atoms with Crippen LogP contribution in [0, 0.1) is 16.7 Å². The molecule has 2 fully saturated rings. The number of amides is 2. The summed E-state index contributed by atoms with van der Waals surface area (Å²) >= 11 is 0. The van der Waals surface area contributed by atoms with Crippen LogP contribution in [0.4, 0.5) is 0 Å². The summed E-state index contributed by atoms with van der Waals surface area (Å²) in [6.07, 6.45) is 3.42. The second-order valence-corrected chi connectivity index (χ2v) is 6.54. The Labute approximate surface area is 136 Å². The number of nitrogens with one attached hydrogen (secondary N) is 1. The van der Waals surface area contributed by atoms with Gasteiger partial charge in [-0.05, 0) is 18.4 Å². The summed E-state index contributed by atoms with van der Waals surface area (Å²) in [7, 11) is 0. The van der Waals surface area contributed by atoms with Crippen LogP contribution in [0.1, 0.15) is 37.7 Å². The highest BCUT2D eigenvalue weighted by molar-refractivity contribution is 5.87. The molecule has 1 aromatic rings. The van der Waals surface area contributed by atoms with E-state index in [-0.39, 0.29) is 17.9 Å². The normalized spacial score (nSPS) is 22.8. The maximum Gasteiger partial charge on any atom is 0.240 e. The van der Waals surface area contributed by atoms with E-state index in [9.17, 15) is 14.9 Å². The van der Waals surface area contributed by atoms with Crippen molar-refractivity contribution in [1.82, 2.24) is 10.2 Å². The lowest BCUT2D eigenvalue weighted by Gasteiger charge is -2.22. The molecule has 0 spiro atoms. The van der Waals surface area contributed by atoms with Gasteiger partial charge in [0.25, 0.3) is 0 Å². The molecule has 1 N–H and O–H groups in total. The van der Waals surface area contributed by atoms with Crippen LogP contribution in [0.2, 0.25) is 0 Å². The molecular formula is C18H21N3O2. The van der Waals surface area contributed by atoms with E-state index in [1.54, 1.807) is 4.90 Å². The maximum atomic E-state index is 12.5. The minimum atomic E-state index is -0.879. The van der Waals surface area contributed by atoms with Gasteiger partial charge < -0.3 is 10.2 Å². The highest BCUT2D eigenvalue weighted by Crippen LogP contribution is 2.37. The molecule has 5 nitrogen and oxygen atoms in total. The summed E-state index contributed by atoms with van der Waals surface area (Å²) in [5.41, 5.74) is 0.202. The number of rotatable bonds is 4. The molecule has 2 amide bonds. The third-order valence-electron chi connectivity index (χ3n) is 4.87. The molecule has 1 atom stereocenters. The van der Waals surface area contributed by atoms with E-state index in [2.05, 4.69) is 11.4 Å². The van der Waals surface area contributed by atoms with Gasteiger partial charge in [0.2, 0.25) is 11.8 Å². The number of hydrogen-bond donors (Lipinski definition) is 1. The minimum Gasteiger partial charge on any atom is -0.350 e. The van der Waals surface area contributed by atoms with Crippen LogP contribution in [0.25, 0.3) is 0 Å². The van der Waals surface area contributed by atoms with Gasteiger partial charge >= 0.3 is 0 Å². The second-order valence-electron chi connectivity index (χ2n) is 6.54. The fourth-order valence-corrected chi connectivity index (χ4v) is 3.52. The van der Waals surface area contributed by atoms with Crippen molar-refractivity contribution in [2.45, 2.75) is 44.7 Å². The molecule has 0 unspecified atom stereocenters. The van der Waals surface area contributed by atoms with Crippen LogP contribution in [0.5, 0.6) is 0 Å². The zero-order valence-corrected chi connectivity index (χ0v) is 13.1. The number of likely N-dealkylation sites (tertiary alicyclic amines) is 1. The summed E-state index contributed by atoms with van der Waals surface area (Å²) in [4.78, 5) is 26.4. The SMILES string of the molecule is N#CC1(C(=O)N[C@H]2CC(=O)N(Cc3ccccc3)C2)CCCC1. The molecule has 1 aromatic carbocycles. The number of carbonyl (C=O) groups is 2. The number of hydrogen-bond acceptors (Lipinski definition) is 3. The third-order valence-corrected chi connectivity index (χ3v) is 4.87. The number of benzene rings is 1. The average Bonchev–Trinajstić information content (AvgIpc) is 3.17. The average molecular weight is 311 g/mol. The van der Waals surface area contributed by atoms with Crippen molar-refractivity contribution in [2.24, 2.45) is 5.41 Å². The first kappa shape index (κ1) is 15.5. The van der Waals surface area contributed by atoms with Gasteiger partial charge in [-0.3, -0.25) is 9.59 Å². The predicted molar refractivity (Wildman–Crippen MR) is 84.9 cm³/mol. The van der Waals surface area contributed by atoms with Gasteiger partial charge in [-0.15, -0.1) is 0 Å². The molecular weight excluding hydrogens is 290 g/mol. The van der Waals surface area contributed by atoms with Crippen molar-refractivity contribution in [3.63, 3.8) is 0 Å². The molecule has 1 aliphatic carbocycles. The van der Waals surface area contributed by atoms with E-state index < -0.39 is 5.41 Å². The maximum absolute atomic E-state index is 12.5. The largest absolute Gasteiger partial charge is 0.350 e. The van der Waals surface area contributed by atoms with Crippen LogP contribution in [-0.2, 0) is 16.1 Å². The molecule has 1 aliphatic heterocycles. The Morgan fingerprint density at radius 2 is 2.00 bits per heavy atom. The predicted octanol–water partition coefficient (Wildman–Crippen LogP) is 1.99. The van der Waals surface area contributed by atoms with Gasteiger partial charge in [0.15, 0.2) is 0 Å². The minimum absolute atomic E-state index is 0.0524. The molecule has 23 heavy (non-hydrogen) atoms. The molecule has 120 valence electrons. The van der Waals surface area contributed by atoms with Gasteiger partial charge in [-0.2, -0.15) is 5.26 Å². The van der Waals surface area contributed by atoms with Gasteiger partial charge in [-0.25, -0.2) is 0 Å². The summed E-state index contributed by atoms with van der Waals surface area (Å²) in [6.45, 7) is 1.08. The van der Waals surface area contributed by atoms with Gasteiger partial charge in [0, 0.05) is 19.5 Å². The molecule has 1 saturated heterocycles. The van der Waals surface area contributed by atoms with Crippen LogP contribution in [0.3, 0.4) is 0 Å². The first-order chi connectivity index (χ1) is 11.1. The molecule has 1 heterocycles. The van der Waals surface area contributed by atoms with Crippen molar-refractivity contribution in [1.29, 1.82) is 5.26 Å². The Hall–Kier alpha value is -2.35. The van der Waals surface area contributed by atoms with Crippen LogP contribution < -0.4 is 5.32 Å². The van der Waals surface area contributed by atoms with E-state index in [0.29, 0.717) is 32.4 Å². The molecule has 2 aliphatic rings. The second kappa shape index (κ2) is 6.41. The fraction of sp³-hybridized carbons (Fsp3) is 0.500. The standard InChI is InChI=1S/C18H21N3O2/c19-13-18(8-4-5-9-18)17(23)20-15-10-16(22)21(12-15)11-14-6-2-1-3-7-14/h1-3,6-7,15H,4-5,8-12H2,(H,20,23)/t15-/m0/s1.